The molecule has 7 nitrogen and oxygen atoms in total. The van der Waals surface area contributed by atoms with E-state index < -0.39 is 11.0 Å². The Hall–Kier alpha value is -1.95. The zero-order valence-electron chi connectivity index (χ0n) is 14.5. The molecule has 0 unspecified atom stereocenters. The van der Waals surface area contributed by atoms with E-state index in [1.807, 2.05) is 6.07 Å². The second-order valence-electron chi connectivity index (χ2n) is 7.83. The summed E-state index contributed by atoms with van der Waals surface area (Å²) in [4.78, 5) is 5.33. The summed E-state index contributed by atoms with van der Waals surface area (Å²) in [6, 6.07) is 3.85. The molecule has 1 N–H and O–H groups in total. The van der Waals surface area contributed by atoms with Gasteiger partial charge in [0.2, 0.25) is 0 Å². The molecule has 7 heteroatoms. The predicted octanol–water partition coefficient (Wildman–Crippen LogP) is 2.16. The summed E-state index contributed by atoms with van der Waals surface area (Å²) in [5.41, 5.74) is 9.97. The van der Waals surface area contributed by atoms with Gasteiger partial charge in [0, 0.05) is 16.5 Å². The molecule has 2 heterocycles. The average molecular weight is 342 g/mol. The van der Waals surface area contributed by atoms with E-state index in [2.05, 4.69) is 28.0 Å². The number of aliphatic hydroxyl groups is 1. The molecule has 132 valence electrons. The molecule has 2 aliphatic carbocycles. The number of methoxy groups -OCH3 is 1. The first kappa shape index (κ1) is 15.3. The largest absolute Gasteiger partial charge is 0.493 e. The summed E-state index contributed by atoms with van der Waals surface area (Å²) in [6.07, 6.45) is 2.54. The summed E-state index contributed by atoms with van der Waals surface area (Å²) in [7, 11) is 3.73. The zero-order valence-corrected chi connectivity index (χ0v) is 14.5. The number of benzene rings is 1. The normalized spacial score (nSPS) is 40.7. The minimum Gasteiger partial charge on any atom is -0.493 e. The topological polar surface area (TPSA) is 90.7 Å². The van der Waals surface area contributed by atoms with Gasteiger partial charge in [0.15, 0.2) is 11.5 Å². The van der Waals surface area contributed by atoms with Crippen LogP contribution in [-0.4, -0.2) is 54.5 Å². The van der Waals surface area contributed by atoms with Gasteiger partial charge in [-0.3, -0.25) is 0 Å². The lowest BCUT2D eigenvalue weighted by Crippen LogP contribution is -2.76. The standard InChI is InChI=1S/C18H22N4O3/c1-22-8-7-17-14-10-3-4-12(24-2)15(14)25-16(17)11(20-21-19)5-6-18(17,23)13(22)9-10/h3-4,11,13,16,23H,5-9H2,1-2H3/t11-,13-,16-,17+,18-/m1/s1. The van der Waals surface area contributed by atoms with Crippen LogP contribution >= 0.6 is 0 Å². The van der Waals surface area contributed by atoms with E-state index in [1.165, 1.54) is 5.56 Å². The summed E-state index contributed by atoms with van der Waals surface area (Å²) >= 11 is 0. The van der Waals surface area contributed by atoms with Crippen LogP contribution in [0.4, 0.5) is 0 Å². The fraction of sp³-hybridized carbons (Fsp3) is 0.667. The van der Waals surface area contributed by atoms with Crippen molar-refractivity contribution in [3.05, 3.63) is 33.7 Å². The lowest BCUT2D eigenvalue weighted by Gasteiger charge is -2.63. The molecule has 5 atom stereocenters. The summed E-state index contributed by atoms with van der Waals surface area (Å²) in [5, 5.41) is 16.0. The van der Waals surface area contributed by atoms with Crippen LogP contribution in [0.5, 0.6) is 11.5 Å². The Kier molecular flexibility index (Phi) is 2.95. The maximum absolute atomic E-state index is 11.9. The fourth-order valence-electron chi connectivity index (χ4n) is 6.06. The third kappa shape index (κ3) is 1.57. The number of nitrogens with zero attached hydrogens (tertiary/aromatic N) is 4. The van der Waals surface area contributed by atoms with Crippen LogP contribution in [0.25, 0.3) is 10.4 Å². The van der Waals surface area contributed by atoms with Crippen LogP contribution < -0.4 is 9.47 Å². The van der Waals surface area contributed by atoms with E-state index in [1.54, 1.807) is 7.11 Å². The number of ether oxygens (including phenoxy) is 2. The van der Waals surface area contributed by atoms with Gasteiger partial charge in [-0.25, -0.2) is 0 Å². The van der Waals surface area contributed by atoms with Crippen molar-refractivity contribution < 1.29 is 14.6 Å². The second kappa shape index (κ2) is 4.81. The predicted molar refractivity (Wildman–Crippen MR) is 90.9 cm³/mol. The molecule has 25 heavy (non-hydrogen) atoms. The Balaban J connectivity index is 1.82. The van der Waals surface area contributed by atoms with Gasteiger partial charge in [0.25, 0.3) is 0 Å². The molecule has 5 rings (SSSR count). The number of likely N-dealkylation sites (tertiary alicyclic amines) is 1. The molecular weight excluding hydrogens is 320 g/mol. The van der Waals surface area contributed by atoms with Gasteiger partial charge in [-0.2, -0.15) is 0 Å². The smallest absolute Gasteiger partial charge is 0.165 e. The molecule has 2 fully saturated rings. The van der Waals surface area contributed by atoms with E-state index in [9.17, 15) is 5.11 Å². The van der Waals surface area contributed by atoms with Crippen LogP contribution in [0, 0.1) is 0 Å². The van der Waals surface area contributed by atoms with E-state index in [-0.39, 0.29) is 18.2 Å². The summed E-state index contributed by atoms with van der Waals surface area (Å²) < 4.78 is 11.9. The van der Waals surface area contributed by atoms with Crippen LogP contribution in [0.15, 0.2) is 17.2 Å². The zero-order chi connectivity index (χ0) is 17.4. The lowest BCUT2D eigenvalue weighted by atomic mass is 9.48. The monoisotopic (exact) mass is 342 g/mol. The number of hydrogen-bond acceptors (Lipinski definition) is 5. The Morgan fingerprint density at radius 2 is 2.28 bits per heavy atom. The molecule has 0 amide bonds. The van der Waals surface area contributed by atoms with E-state index >= 15 is 0 Å². The Labute approximate surface area is 146 Å². The molecule has 2 bridgehead atoms. The van der Waals surface area contributed by atoms with Crippen molar-refractivity contribution in [1.82, 2.24) is 4.90 Å². The SMILES string of the molecule is COc1ccc2c3c1O[C@@H]1[C@H](N=[N+]=[N-])CC[C@@]4(O)[C@@H](C2)N(C)CC[C@]314. The minimum atomic E-state index is -0.864. The Morgan fingerprint density at radius 1 is 1.44 bits per heavy atom. The van der Waals surface area contributed by atoms with E-state index in [0.717, 1.165) is 30.7 Å². The van der Waals surface area contributed by atoms with Crippen LogP contribution in [-0.2, 0) is 11.8 Å². The first-order valence-electron chi connectivity index (χ1n) is 8.90. The first-order valence-corrected chi connectivity index (χ1v) is 8.90. The molecule has 1 spiro atoms. The number of hydrogen-bond donors (Lipinski definition) is 1. The van der Waals surface area contributed by atoms with Crippen molar-refractivity contribution >= 4 is 0 Å². The number of azide groups is 1. The summed E-state index contributed by atoms with van der Waals surface area (Å²) in [5.74, 6) is 1.44. The first-order chi connectivity index (χ1) is 12.1. The average Bonchev–Trinajstić information content (AvgIpc) is 2.96. The van der Waals surface area contributed by atoms with E-state index in [4.69, 9.17) is 15.0 Å². The van der Waals surface area contributed by atoms with E-state index in [0.29, 0.717) is 18.6 Å². The van der Waals surface area contributed by atoms with Crippen molar-refractivity contribution in [3.63, 3.8) is 0 Å². The highest BCUT2D eigenvalue weighted by molar-refractivity contribution is 5.63. The maximum atomic E-state index is 11.9. The third-order valence-corrected chi connectivity index (χ3v) is 7.10. The Bertz CT molecular complexity index is 808. The fourth-order valence-corrected chi connectivity index (χ4v) is 6.06. The minimum absolute atomic E-state index is 0.0613. The molecule has 0 aromatic heterocycles. The number of likely N-dealkylation sites (N-methyl/N-ethyl adjacent to an activating group) is 1. The van der Waals surface area contributed by atoms with Crippen molar-refractivity contribution in [3.8, 4) is 11.5 Å². The second-order valence-corrected chi connectivity index (χ2v) is 7.83. The van der Waals surface area contributed by atoms with Crippen molar-refractivity contribution in [2.45, 2.75) is 54.9 Å². The van der Waals surface area contributed by atoms with Gasteiger partial charge in [0.05, 0.1) is 24.2 Å². The van der Waals surface area contributed by atoms with Gasteiger partial charge in [-0.1, -0.05) is 11.2 Å². The Morgan fingerprint density at radius 3 is 3.04 bits per heavy atom. The number of piperidine rings is 1. The number of rotatable bonds is 2. The van der Waals surface area contributed by atoms with Crippen LogP contribution in [0.3, 0.4) is 0 Å². The molecule has 1 saturated heterocycles. The molecule has 1 saturated carbocycles. The van der Waals surface area contributed by atoms with Crippen molar-refractivity contribution in [1.29, 1.82) is 0 Å². The maximum Gasteiger partial charge on any atom is 0.165 e. The summed E-state index contributed by atoms with van der Waals surface area (Å²) in [6.45, 7) is 0.895. The third-order valence-electron chi connectivity index (χ3n) is 7.10. The van der Waals surface area contributed by atoms with Crippen LogP contribution in [0.2, 0.25) is 0 Å². The van der Waals surface area contributed by atoms with Crippen molar-refractivity contribution in [2.75, 3.05) is 20.7 Å². The highest BCUT2D eigenvalue weighted by atomic mass is 16.5. The lowest BCUT2D eigenvalue weighted by molar-refractivity contribution is -0.184. The molecule has 1 aromatic carbocycles. The van der Waals surface area contributed by atoms with Crippen molar-refractivity contribution in [2.24, 2.45) is 5.11 Å². The highest BCUT2D eigenvalue weighted by Gasteiger charge is 2.72. The molecule has 1 aromatic rings. The van der Waals surface area contributed by atoms with Gasteiger partial charge in [-0.05, 0) is 56.4 Å². The van der Waals surface area contributed by atoms with Gasteiger partial charge < -0.3 is 19.5 Å². The highest BCUT2D eigenvalue weighted by Crippen LogP contribution is 2.65. The quantitative estimate of drug-likeness (QED) is 0.506. The molecular formula is C18H22N4O3. The van der Waals surface area contributed by atoms with Gasteiger partial charge >= 0.3 is 0 Å². The van der Waals surface area contributed by atoms with Crippen LogP contribution in [0.1, 0.15) is 30.4 Å². The van der Waals surface area contributed by atoms with Gasteiger partial charge in [0.1, 0.15) is 6.10 Å². The molecule has 2 aliphatic heterocycles. The molecule has 4 aliphatic rings. The van der Waals surface area contributed by atoms with Gasteiger partial charge in [-0.15, -0.1) is 0 Å². The molecule has 0 radical (unpaired) electrons.